The largest absolute Gasteiger partial charge is 0.371 e. The van der Waals surface area contributed by atoms with E-state index in [9.17, 15) is 9.59 Å². The molecule has 178 valence electrons. The summed E-state index contributed by atoms with van der Waals surface area (Å²) in [6, 6.07) is 15.7. The molecule has 1 heterocycles. The lowest BCUT2D eigenvalue weighted by molar-refractivity contribution is -0.120. The highest BCUT2D eigenvalue weighted by Crippen LogP contribution is 2.29. The van der Waals surface area contributed by atoms with E-state index in [-0.39, 0.29) is 17.7 Å². The normalized spacial score (nSPS) is 15.2. The molecule has 0 bridgehead atoms. The van der Waals surface area contributed by atoms with Gasteiger partial charge in [0, 0.05) is 36.9 Å². The molecule has 5 nitrogen and oxygen atoms in total. The molecule has 0 aliphatic carbocycles. The zero-order valence-electron chi connectivity index (χ0n) is 20.4. The summed E-state index contributed by atoms with van der Waals surface area (Å²) in [7, 11) is 0. The topological polar surface area (TPSA) is 61.4 Å². The Morgan fingerprint density at radius 2 is 1.79 bits per heavy atom. The van der Waals surface area contributed by atoms with Crippen molar-refractivity contribution in [3.63, 3.8) is 0 Å². The molecular weight excluding hydrogens is 410 g/mol. The molecule has 0 spiro atoms. The number of carbonyl (C=O) groups is 2. The van der Waals surface area contributed by atoms with Crippen LogP contribution in [-0.4, -0.2) is 24.9 Å². The Bertz CT molecular complexity index is 905. The van der Waals surface area contributed by atoms with Gasteiger partial charge in [-0.3, -0.25) is 9.59 Å². The first-order valence-corrected chi connectivity index (χ1v) is 12.5. The Morgan fingerprint density at radius 3 is 2.45 bits per heavy atom. The molecular formula is C28H39N3O2. The van der Waals surface area contributed by atoms with E-state index >= 15 is 0 Å². The third-order valence-electron chi connectivity index (χ3n) is 6.70. The number of nitrogens with one attached hydrogen (secondary N) is 2. The van der Waals surface area contributed by atoms with Gasteiger partial charge in [-0.05, 0) is 55.4 Å². The minimum Gasteiger partial charge on any atom is -0.371 e. The van der Waals surface area contributed by atoms with Crippen molar-refractivity contribution in [2.45, 2.75) is 65.8 Å². The van der Waals surface area contributed by atoms with Crippen LogP contribution in [0.2, 0.25) is 0 Å². The van der Waals surface area contributed by atoms with E-state index in [4.69, 9.17) is 0 Å². The predicted octanol–water partition coefficient (Wildman–Crippen LogP) is 6.01. The first kappa shape index (κ1) is 24.8. The molecule has 2 N–H and O–H groups in total. The van der Waals surface area contributed by atoms with Crippen molar-refractivity contribution in [2.75, 3.05) is 23.3 Å². The molecule has 1 aliphatic heterocycles. The molecule has 0 radical (unpaired) electrons. The molecule has 2 aromatic rings. The second-order valence-corrected chi connectivity index (χ2v) is 9.31. The lowest BCUT2D eigenvalue weighted by atomic mass is 9.97. The highest BCUT2D eigenvalue weighted by atomic mass is 16.2. The number of hydrogen-bond acceptors (Lipinski definition) is 3. The van der Waals surface area contributed by atoms with Crippen molar-refractivity contribution in [3.8, 4) is 0 Å². The fraction of sp³-hybridized carbons (Fsp3) is 0.500. The van der Waals surface area contributed by atoms with Crippen LogP contribution in [0, 0.1) is 11.8 Å². The predicted molar refractivity (Wildman–Crippen MR) is 137 cm³/mol. The van der Waals surface area contributed by atoms with Crippen LogP contribution < -0.4 is 15.5 Å². The van der Waals surface area contributed by atoms with Crippen molar-refractivity contribution in [1.82, 2.24) is 5.32 Å². The number of rotatable bonds is 10. The van der Waals surface area contributed by atoms with Gasteiger partial charge in [0.15, 0.2) is 0 Å². The monoisotopic (exact) mass is 449 g/mol. The van der Waals surface area contributed by atoms with E-state index in [2.05, 4.69) is 36.3 Å². The molecule has 1 saturated heterocycles. The van der Waals surface area contributed by atoms with Crippen molar-refractivity contribution in [2.24, 2.45) is 11.8 Å². The maximum Gasteiger partial charge on any atom is 0.253 e. The first-order chi connectivity index (χ1) is 16.0. The highest BCUT2D eigenvalue weighted by molar-refractivity contribution is 6.02. The maximum absolute atomic E-state index is 13.3. The van der Waals surface area contributed by atoms with Gasteiger partial charge in [-0.2, -0.15) is 0 Å². The Labute approximate surface area is 199 Å². The van der Waals surface area contributed by atoms with Crippen LogP contribution in [0.1, 0.15) is 75.2 Å². The minimum absolute atomic E-state index is 0.00330. The number of nitrogens with zero attached hydrogens (tertiary/aromatic N) is 1. The van der Waals surface area contributed by atoms with Gasteiger partial charge in [-0.25, -0.2) is 0 Å². The lowest BCUT2D eigenvalue weighted by Crippen LogP contribution is -2.35. The summed E-state index contributed by atoms with van der Waals surface area (Å²) in [4.78, 5) is 28.4. The van der Waals surface area contributed by atoms with Crippen LogP contribution in [0.25, 0.3) is 0 Å². The average molecular weight is 450 g/mol. The van der Waals surface area contributed by atoms with E-state index < -0.39 is 0 Å². The minimum atomic E-state index is -0.110. The standard InChI is InChI=1S/C28H39N3O2/c1-4-6-12-23(5-2)27(32)30-24-13-14-26(31-17-15-21(3)16-18-31)25(19-24)28(33)29-20-22-10-8-7-9-11-22/h7-11,13-14,19,21,23H,4-6,12,15-18,20H2,1-3H3,(H,29,33)(H,30,32). The summed E-state index contributed by atoms with van der Waals surface area (Å²) in [5.74, 6) is 0.649. The van der Waals surface area contributed by atoms with E-state index in [1.165, 1.54) is 0 Å². The number of hydrogen-bond donors (Lipinski definition) is 2. The summed E-state index contributed by atoms with van der Waals surface area (Å²) >= 11 is 0. The van der Waals surface area contributed by atoms with Crippen molar-refractivity contribution >= 4 is 23.2 Å². The SMILES string of the molecule is CCCCC(CC)C(=O)Nc1ccc(N2CCC(C)CC2)c(C(=O)NCc2ccccc2)c1. The fourth-order valence-electron chi connectivity index (χ4n) is 4.41. The van der Waals surface area contributed by atoms with Crippen LogP contribution in [0.15, 0.2) is 48.5 Å². The first-order valence-electron chi connectivity index (χ1n) is 12.5. The number of unbranched alkanes of at least 4 members (excludes halogenated alkanes) is 1. The quantitative estimate of drug-likeness (QED) is 0.467. The third-order valence-corrected chi connectivity index (χ3v) is 6.70. The molecule has 0 aromatic heterocycles. The van der Waals surface area contributed by atoms with Crippen molar-refractivity contribution < 1.29 is 9.59 Å². The van der Waals surface area contributed by atoms with Gasteiger partial charge in [0.25, 0.3) is 5.91 Å². The lowest BCUT2D eigenvalue weighted by Gasteiger charge is -2.33. The average Bonchev–Trinajstić information content (AvgIpc) is 2.84. The summed E-state index contributed by atoms with van der Waals surface area (Å²) in [5, 5.41) is 6.14. The van der Waals surface area contributed by atoms with Gasteiger partial charge in [-0.15, -0.1) is 0 Å². The highest BCUT2D eigenvalue weighted by Gasteiger charge is 2.23. The van der Waals surface area contributed by atoms with Gasteiger partial charge in [-0.1, -0.05) is 63.9 Å². The van der Waals surface area contributed by atoms with E-state index in [1.54, 1.807) is 0 Å². The Kier molecular flexibility index (Phi) is 9.35. The number of carbonyl (C=O) groups excluding carboxylic acids is 2. The summed E-state index contributed by atoms with van der Waals surface area (Å²) in [6.45, 7) is 8.85. The smallest absolute Gasteiger partial charge is 0.253 e. The maximum atomic E-state index is 13.3. The molecule has 1 unspecified atom stereocenters. The number of benzene rings is 2. The zero-order valence-corrected chi connectivity index (χ0v) is 20.4. The summed E-state index contributed by atoms with van der Waals surface area (Å²) < 4.78 is 0. The molecule has 0 saturated carbocycles. The number of piperidine rings is 1. The Balaban J connectivity index is 1.79. The van der Waals surface area contributed by atoms with Gasteiger partial charge >= 0.3 is 0 Å². The van der Waals surface area contributed by atoms with Crippen LogP contribution >= 0.6 is 0 Å². The van der Waals surface area contributed by atoms with Gasteiger partial charge < -0.3 is 15.5 Å². The molecule has 1 aliphatic rings. The van der Waals surface area contributed by atoms with E-state index in [0.29, 0.717) is 23.7 Å². The number of amides is 2. The second kappa shape index (κ2) is 12.4. The summed E-state index contributed by atoms with van der Waals surface area (Å²) in [5.41, 5.74) is 3.32. The Morgan fingerprint density at radius 1 is 1.06 bits per heavy atom. The van der Waals surface area contributed by atoms with Crippen LogP contribution in [-0.2, 0) is 11.3 Å². The van der Waals surface area contributed by atoms with Crippen LogP contribution in [0.5, 0.6) is 0 Å². The Hall–Kier alpha value is -2.82. The van der Waals surface area contributed by atoms with E-state index in [1.807, 2.05) is 48.5 Å². The van der Waals surface area contributed by atoms with Crippen molar-refractivity contribution in [1.29, 1.82) is 0 Å². The zero-order chi connectivity index (χ0) is 23.6. The molecule has 1 atom stereocenters. The molecule has 2 aromatic carbocycles. The molecule has 5 heteroatoms. The van der Waals surface area contributed by atoms with Crippen LogP contribution in [0.3, 0.4) is 0 Å². The molecule has 1 fully saturated rings. The summed E-state index contributed by atoms with van der Waals surface area (Å²) in [6.07, 6.45) is 6.09. The van der Waals surface area contributed by atoms with Gasteiger partial charge in [0.1, 0.15) is 0 Å². The molecule has 2 amide bonds. The van der Waals surface area contributed by atoms with Crippen molar-refractivity contribution in [3.05, 3.63) is 59.7 Å². The van der Waals surface area contributed by atoms with Gasteiger partial charge in [0.2, 0.25) is 5.91 Å². The third kappa shape index (κ3) is 7.08. The second-order valence-electron chi connectivity index (χ2n) is 9.31. The molecule has 33 heavy (non-hydrogen) atoms. The molecule has 3 rings (SSSR count). The van der Waals surface area contributed by atoms with E-state index in [0.717, 1.165) is 62.9 Å². The number of anilines is 2. The fourth-order valence-corrected chi connectivity index (χ4v) is 4.41. The van der Waals surface area contributed by atoms with Gasteiger partial charge in [0.05, 0.1) is 5.56 Å². The van der Waals surface area contributed by atoms with Crippen LogP contribution in [0.4, 0.5) is 11.4 Å².